The molecule has 0 radical (unpaired) electrons. The quantitative estimate of drug-likeness (QED) is 0.653. The zero-order valence-electron chi connectivity index (χ0n) is 11.2. The molecule has 1 aromatic heterocycles. The van der Waals surface area contributed by atoms with Crippen LogP contribution < -0.4 is 4.90 Å². The van der Waals surface area contributed by atoms with Crippen molar-refractivity contribution in [1.82, 2.24) is 9.88 Å². The van der Waals surface area contributed by atoms with Crippen molar-refractivity contribution in [2.45, 2.75) is 13.0 Å². The van der Waals surface area contributed by atoms with E-state index in [0.29, 0.717) is 23.4 Å². The van der Waals surface area contributed by atoms with Crippen LogP contribution in [0.2, 0.25) is 0 Å². The maximum Gasteiger partial charge on any atom is 0.312 e. The first-order valence-corrected chi connectivity index (χ1v) is 7.22. The Morgan fingerprint density at radius 1 is 1.50 bits per heavy atom. The predicted octanol–water partition coefficient (Wildman–Crippen LogP) is 1.26. The first-order chi connectivity index (χ1) is 9.52. The van der Waals surface area contributed by atoms with Crippen LogP contribution in [0.4, 0.5) is 11.5 Å². The first-order valence-electron chi connectivity index (χ1n) is 6.42. The Balaban J connectivity index is 2.13. The number of anilines is 1. The molecule has 2 rings (SSSR count). The highest BCUT2D eigenvalue weighted by Gasteiger charge is 2.26. The van der Waals surface area contributed by atoms with Crippen molar-refractivity contribution in [3.8, 4) is 0 Å². The van der Waals surface area contributed by atoms with E-state index in [2.05, 4.69) is 25.8 Å². The molecule has 2 heterocycles. The van der Waals surface area contributed by atoms with E-state index in [4.69, 9.17) is 5.11 Å². The van der Waals surface area contributed by atoms with E-state index < -0.39 is 4.92 Å². The third-order valence-electron chi connectivity index (χ3n) is 3.51. The molecule has 0 amide bonds. The lowest BCUT2D eigenvalue weighted by molar-refractivity contribution is -0.384. The van der Waals surface area contributed by atoms with Crippen molar-refractivity contribution in [2.75, 3.05) is 37.7 Å². The Hall–Kier alpha value is -1.25. The summed E-state index contributed by atoms with van der Waals surface area (Å²) in [6.07, 6.45) is 1.57. The van der Waals surface area contributed by atoms with Gasteiger partial charge in [-0.1, -0.05) is 0 Å². The van der Waals surface area contributed by atoms with Crippen LogP contribution in [0.25, 0.3) is 0 Å². The highest BCUT2D eigenvalue weighted by molar-refractivity contribution is 9.10. The summed E-state index contributed by atoms with van der Waals surface area (Å²) in [6.45, 7) is 4.94. The molecule has 0 aromatic carbocycles. The molecule has 0 saturated carbocycles. The van der Waals surface area contributed by atoms with E-state index in [9.17, 15) is 10.1 Å². The number of aromatic nitrogens is 1. The second-order valence-corrected chi connectivity index (χ2v) is 5.72. The van der Waals surface area contributed by atoms with Gasteiger partial charge in [0.1, 0.15) is 0 Å². The Morgan fingerprint density at radius 2 is 2.15 bits per heavy atom. The number of nitro groups is 1. The molecule has 1 aliphatic heterocycles. The number of rotatable bonds is 4. The van der Waals surface area contributed by atoms with Crippen LogP contribution in [-0.4, -0.2) is 58.7 Å². The number of hydrogen-bond acceptors (Lipinski definition) is 6. The van der Waals surface area contributed by atoms with Crippen LogP contribution in [0.1, 0.15) is 6.92 Å². The lowest BCUT2D eigenvalue weighted by Gasteiger charge is -2.37. The summed E-state index contributed by atoms with van der Waals surface area (Å²) in [6, 6.07) is 1.59. The van der Waals surface area contributed by atoms with Crippen molar-refractivity contribution < 1.29 is 10.0 Å². The minimum absolute atomic E-state index is 0.0167. The maximum absolute atomic E-state index is 11.1. The summed E-state index contributed by atoms with van der Waals surface area (Å²) < 4.78 is 0.598. The third-order valence-corrected chi connectivity index (χ3v) is 3.95. The monoisotopic (exact) mass is 344 g/mol. The fourth-order valence-electron chi connectivity index (χ4n) is 2.29. The summed E-state index contributed by atoms with van der Waals surface area (Å²) in [5, 5.41) is 20.3. The summed E-state index contributed by atoms with van der Waals surface area (Å²) >= 11 is 3.21. The second-order valence-electron chi connectivity index (χ2n) is 4.81. The number of halogens is 1. The first kappa shape index (κ1) is 15.1. The summed E-state index contributed by atoms with van der Waals surface area (Å²) in [5.74, 6) is 0.412. The van der Waals surface area contributed by atoms with Gasteiger partial charge in [-0.05, 0) is 22.9 Å². The summed E-state index contributed by atoms with van der Waals surface area (Å²) in [4.78, 5) is 19.0. The van der Waals surface area contributed by atoms with E-state index in [1.54, 1.807) is 6.20 Å². The van der Waals surface area contributed by atoms with E-state index in [0.717, 1.165) is 13.1 Å². The smallest absolute Gasteiger partial charge is 0.312 e. The zero-order chi connectivity index (χ0) is 14.7. The molecule has 1 aliphatic rings. The number of aliphatic hydroxyl groups excluding tert-OH is 1. The van der Waals surface area contributed by atoms with Gasteiger partial charge in [-0.3, -0.25) is 15.0 Å². The fourth-order valence-corrected chi connectivity index (χ4v) is 2.61. The molecule has 0 unspecified atom stereocenters. The molecular formula is C12H17BrN4O3. The SMILES string of the molecule is C[C@H](CO)N1CCN(c2ncc(Br)cc2[N+](=O)[O-])CC1. The fraction of sp³-hybridized carbons (Fsp3) is 0.583. The Kier molecular flexibility index (Phi) is 4.90. The van der Waals surface area contributed by atoms with E-state index >= 15 is 0 Å². The molecule has 1 aromatic rings. The molecule has 7 nitrogen and oxygen atoms in total. The average molecular weight is 345 g/mol. The molecule has 8 heteroatoms. The van der Waals surface area contributed by atoms with Gasteiger partial charge >= 0.3 is 5.69 Å². The zero-order valence-corrected chi connectivity index (χ0v) is 12.8. The molecule has 0 aliphatic carbocycles. The van der Waals surface area contributed by atoms with Crippen LogP contribution in [0, 0.1) is 10.1 Å². The molecular weight excluding hydrogens is 328 g/mol. The largest absolute Gasteiger partial charge is 0.395 e. The minimum Gasteiger partial charge on any atom is -0.395 e. The van der Waals surface area contributed by atoms with Gasteiger partial charge in [-0.2, -0.15) is 0 Å². The van der Waals surface area contributed by atoms with Gasteiger partial charge in [-0.15, -0.1) is 0 Å². The number of aliphatic hydroxyl groups is 1. The number of piperazine rings is 1. The van der Waals surface area contributed by atoms with Crippen molar-refractivity contribution in [1.29, 1.82) is 0 Å². The Labute approximate surface area is 125 Å². The Bertz CT molecular complexity index is 492. The molecule has 110 valence electrons. The lowest BCUT2D eigenvalue weighted by atomic mass is 10.2. The maximum atomic E-state index is 11.1. The van der Waals surface area contributed by atoms with E-state index in [-0.39, 0.29) is 18.3 Å². The van der Waals surface area contributed by atoms with Gasteiger partial charge < -0.3 is 10.0 Å². The number of pyridine rings is 1. The van der Waals surface area contributed by atoms with Gasteiger partial charge in [0.05, 0.1) is 11.5 Å². The molecule has 0 bridgehead atoms. The minimum atomic E-state index is -0.407. The van der Waals surface area contributed by atoms with Crippen LogP contribution in [-0.2, 0) is 0 Å². The molecule has 1 fully saturated rings. The molecule has 0 spiro atoms. The van der Waals surface area contributed by atoms with E-state index in [1.807, 2.05) is 11.8 Å². The topological polar surface area (TPSA) is 82.7 Å². The van der Waals surface area contributed by atoms with Gasteiger partial charge in [0.25, 0.3) is 0 Å². The number of nitrogens with zero attached hydrogens (tertiary/aromatic N) is 4. The normalized spacial score (nSPS) is 18.1. The van der Waals surface area contributed by atoms with Gasteiger partial charge in [0.2, 0.25) is 5.82 Å². The van der Waals surface area contributed by atoms with Crippen LogP contribution in [0.3, 0.4) is 0 Å². The van der Waals surface area contributed by atoms with Crippen LogP contribution in [0.15, 0.2) is 16.7 Å². The standard InChI is InChI=1S/C12H17BrN4O3/c1-9(8-18)15-2-4-16(5-3-15)12-11(17(19)20)6-10(13)7-14-12/h6-7,9,18H,2-5,8H2,1H3/t9-/m1/s1. The Morgan fingerprint density at radius 3 is 2.70 bits per heavy atom. The third kappa shape index (κ3) is 3.25. The number of hydrogen-bond donors (Lipinski definition) is 1. The van der Waals surface area contributed by atoms with Crippen molar-refractivity contribution in [2.24, 2.45) is 0 Å². The predicted molar refractivity (Wildman–Crippen MR) is 78.9 cm³/mol. The molecule has 1 atom stereocenters. The van der Waals surface area contributed by atoms with Crippen LogP contribution >= 0.6 is 15.9 Å². The highest BCUT2D eigenvalue weighted by atomic mass is 79.9. The second kappa shape index (κ2) is 6.47. The van der Waals surface area contributed by atoms with Crippen molar-refractivity contribution in [3.05, 3.63) is 26.9 Å². The average Bonchev–Trinajstić information content (AvgIpc) is 2.46. The van der Waals surface area contributed by atoms with Crippen LogP contribution in [0.5, 0.6) is 0 Å². The summed E-state index contributed by atoms with van der Waals surface area (Å²) in [5.41, 5.74) is 0.0167. The van der Waals surface area contributed by atoms with E-state index in [1.165, 1.54) is 6.07 Å². The van der Waals surface area contributed by atoms with Gasteiger partial charge in [0, 0.05) is 49.0 Å². The van der Waals surface area contributed by atoms with Crippen molar-refractivity contribution >= 4 is 27.4 Å². The molecule has 1 N–H and O–H groups in total. The van der Waals surface area contributed by atoms with Crippen molar-refractivity contribution in [3.63, 3.8) is 0 Å². The highest BCUT2D eigenvalue weighted by Crippen LogP contribution is 2.29. The van der Waals surface area contributed by atoms with Gasteiger partial charge in [0.15, 0.2) is 0 Å². The molecule has 20 heavy (non-hydrogen) atoms. The lowest BCUT2D eigenvalue weighted by Crippen LogP contribution is -2.50. The summed E-state index contributed by atoms with van der Waals surface area (Å²) in [7, 11) is 0. The van der Waals surface area contributed by atoms with Gasteiger partial charge in [-0.25, -0.2) is 4.98 Å². The molecule has 1 saturated heterocycles.